The van der Waals surface area contributed by atoms with Crippen molar-refractivity contribution in [1.29, 1.82) is 0 Å². The van der Waals surface area contributed by atoms with Crippen molar-refractivity contribution in [3.63, 3.8) is 0 Å². The van der Waals surface area contributed by atoms with E-state index in [4.69, 9.17) is 5.11 Å². The summed E-state index contributed by atoms with van der Waals surface area (Å²) in [7, 11) is -0.538. The van der Waals surface area contributed by atoms with E-state index in [-0.39, 0.29) is 0 Å². The predicted octanol–water partition coefficient (Wildman–Crippen LogP) is 0.975. The van der Waals surface area contributed by atoms with E-state index >= 15 is 0 Å². The molecule has 8 nitrogen and oxygen atoms in total. The summed E-state index contributed by atoms with van der Waals surface area (Å²) in [5.74, 6) is -1.37. The van der Waals surface area contributed by atoms with Crippen LogP contribution in [0.5, 0.6) is 0 Å². The number of benzene rings is 1. The maximum Gasteiger partial charge on any atom is 0.340 e. The van der Waals surface area contributed by atoms with Crippen LogP contribution < -0.4 is 9.62 Å². The number of rotatable bonds is 5. The lowest BCUT2D eigenvalue weighted by molar-refractivity contribution is 0.0692. The van der Waals surface area contributed by atoms with Crippen LogP contribution >= 0.6 is 0 Å². The number of nitrogens with one attached hydrogen (secondary N) is 2. The van der Waals surface area contributed by atoms with Crippen LogP contribution in [0.1, 0.15) is 10.4 Å². The van der Waals surface area contributed by atoms with Crippen LogP contribution in [0.15, 0.2) is 35.5 Å². The summed E-state index contributed by atoms with van der Waals surface area (Å²) in [6, 6.07) is 6.77. The van der Waals surface area contributed by atoms with E-state index in [1.165, 1.54) is 0 Å². The van der Waals surface area contributed by atoms with Crippen LogP contribution in [-0.4, -0.2) is 43.8 Å². The molecule has 0 spiro atoms. The maximum atomic E-state index is 12.3. The van der Waals surface area contributed by atoms with Crippen LogP contribution in [0.3, 0.4) is 0 Å². The molecule has 0 aliphatic rings. The quantitative estimate of drug-likeness (QED) is 0.758. The maximum absolute atomic E-state index is 12.3. The first-order valence-electron chi connectivity index (χ1n) is 5.89. The molecule has 1 aromatic heterocycles. The zero-order chi connectivity index (χ0) is 15.6. The number of para-hydroxylation sites is 2. The molecule has 21 heavy (non-hydrogen) atoms. The van der Waals surface area contributed by atoms with Gasteiger partial charge in [0, 0.05) is 14.1 Å². The van der Waals surface area contributed by atoms with Crippen molar-refractivity contribution in [2.24, 2.45) is 0 Å². The molecule has 0 unspecified atom stereocenters. The van der Waals surface area contributed by atoms with Gasteiger partial charge in [-0.2, -0.15) is 13.5 Å². The molecule has 0 radical (unpaired) electrons. The Balaban J connectivity index is 2.43. The van der Waals surface area contributed by atoms with Crippen molar-refractivity contribution in [3.05, 3.63) is 36.0 Å². The van der Waals surface area contributed by atoms with E-state index in [1.54, 1.807) is 43.3 Å². The molecule has 0 fully saturated rings. The number of hydrogen-bond donors (Lipinski definition) is 3. The molecule has 9 heteroatoms. The van der Waals surface area contributed by atoms with Gasteiger partial charge in [-0.1, -0.05) is 12.1 Å². The van der Waals surface area contributed by atoms with Crippen molar-refractivity contribution in [1.82, 2.24) is 10.2 Å². The highest BCUT2D eigenvalue weighted by Gasteiger charge is 2.25. The zero-order valence-electron chi connectivity index (χ0n) is 11.4. The number of aromatic amines is 1. The topological polar surface area (TPSA) is 115 Å². The number of carboxylic acid groups (broad SMARTS) is 1. The van der Waals surface area contributed by atoms with Crippen LogP contribution in [0.2, 0.25) is 0 Å². The van der Waals surface area contributed by atoms with Gasteiger partial charge in [0.2, 0.25) is 0 Å². The summed E-state index contributed by atoms with van der Waals surface area (Å²) in [6.07, 6.45) is 0.953. The molecule has 0 saturated heterocycles. The monoisotopic (exact) mass is 310 g/mol. The Morgan fingerprint density at radius 3 is 2.62 bits per heavy atom. The third-order valence-corrected chi connectivity index (χ3v) is 4.07. The summed E-state index contributed by atoms with van der Waals surface area (Å²) in [6.45, 7) is 0. The Bertz CT molecular complexity index is 767. The van der Waals surface area contributed by atoms with Gasteiger partial charge in [-0.25, -0.2) is 4.79 Å². The zero-order valence-corrected chi connectivity index (χ0v) is 12.2. The van der Waals surface area contributed by atoms with E-state index in [0.717, 1.165) is 6.20 Å². The van der Waals surface area contributed by atoms with Crippen molar-refractivity contribution >= 4 is 27.4 Å². The number of H-pyrrole nitrogens is 1. The number of nitrogens with zero attached hydrogens (tertiary/aromatic N) is 2. The minimum absolute atomic E-state index is 0.341. The molecular weight excluding hydrogens is 296 g/mol. The van der Waals surface area contributed by atoms with E-state index in [0.29, 0.717) is 11.4 Å². The molecule has 2 aromatic rings. The second-order valence-electron chi connectivity index (χ2n) is 4.44. The number of sulfonamides is 1. The summed E-state index contributed by atoms with van der Waals surface area (Å²) in [4.78, 5) is 12.7. The second kappa shape index (κ2) is 5.44. The Labute approximate surface area is 121 Å². The number of carboxylic acids is 1. The predicted molar refractivity (Wildman–Crippen MR) is 77.1 cm³/mol. The summed E-state index contributed by atoms with van der Waals surface area (Å²) in [5.41, 5.74) is 0.579. The molecule has 0 aliphatic carbocycles. The summed E-state index contributed by atoms with van der Waals surface area (Å²) in [5, 5.41) is 14.2. The molecule has 0 atom stereocenters. The molecule has 0 saturated carbocycles. The Morgan fingerprint density at radius 1 is 1.33 bits per heavy atom. The van der Waals surface area contributed by atoms with Gasteiger partial charge in [-0.3, -0.25) is 9.82 Å². The highest BCUT2D eigenvalue weighted by atomic mass is 32.2. The van der Waals surface area contributed by atoms with Crippen molar-refractivity contribution in [2.75, 3.05) is 23.7 Å². The van der Waals surface area contributed by atoms with Gasteiger partial charge in [0.1, 0.15) is 5.56 Å². The van der Waals surface area contributed by atoms with Crippen LogP contribution in [0.4, 0.5) is 11.4 Å². The summed E-state index contributed by atoms with van der Waals surface area (Å²) >= 11 is 0. The Kier molecular flexibility index (Phi) is 3.85. The van der Waals surface area contributed by atoms with Gasteiger partial charge in [-0.15, -0.1) is 0 Å². The van der Waals surface area contributed by atoms with Gasteiger partial charge in [0.15, 0.2) is 5.03 Å². The molecule has 0 amide bonds. The van der Waals surface area contributed by atoms with E-state index < -0.39 is 26.6 Å². The number of aromatic carboxylic acids is 1. The fraction of sp³-hybridized carbons (Fsp3) is 0.167. The van der Waals surface area contributed by atoms with E-state index in [1.807, 2.05) is 0 Å². The first-order chi connectivity index (χ1) is 9.83. The molecule has 1 aromatic carbocycles. The number of hydrogen-bond acceptors (Lipinski definition) is 5. The average molecular weight is 310 g/mol. The van der Waals surface area contributed by atoms with Gasteiger partial charge >= 0.3 is 5.97 Å². The fourth-order valence-electron chi connectivity index (χ4n) is 1.78. The molecule has 1 heterocycles. The highest BCUT2D eigenvalue weighted by molar-refractivity contribution is 7.92. The average Bonchev–Trinajstić information content (AvgIpc) is 2.88. The Morgan fingerprint density at radius 2 is 2.00 bits per heavy atom. The number of anilines is 2. The van der Waals surface area contributed by atoms with Gasteiger partial charge in [0.25, 0.3) is 10.0 Å². The third-order valence-electron chi connectivity index (χ3n) is 2.73. The first-order valence-corrected chi connectivity index (χ1v) is 7.37. The number of carbonyl (C=O) groups is 1. The van der Waals surface area contributed by atoms with Crippen molar-refractivity contribution in [2.45, 2.75) is 5.03 Å². The van der Waals surface area contributed by atoms with E-state index in [9.17, 15) is 13.2 Å². The molecule has 0 bridgehead atoms. The van der Waals surface area contributed by atoms with Gasteiger partial charge < -0.3 is 10.0 Å². The SMILES string of the molecule is CN(C)c1ccccc1NS(=O)(=O)c1[nH]ncc1C(=O)O. The van der Waals surface area contributed by atoms with Crippen LogP contribution in [-0.2, 0) is 10.0 Å². The normalized spacial score (nSPS) is 11.1. The third kappa shape index (κ3) is 2.97. The standard InChI is InChI=1S/C12H14N4O4S/c1-16(2)10-6-4-3-5-9(10)15-21(19,20)11-8(12(17)18)7-13-14-11/h3-7,15H,1-2H3,(H,13,14)(H,17,18). The summed E-state index contributed by atoms with van der Waals surface area (Å²) < 4.78 is 27.0. The lowest BCUT2D eigenvalue weighted by Gasteiger charge is -2.18. The molecular formula is C12H14N4O4S. The minimum atomic E-state index is -4.08. The lowest BCUT2D eigenvalue weighted by atomic mass is 10.2. The van der Waals surface area contributed by atoms with Crippen LogP contribution in [0, 0.1) is 0 Å². The molecule has 112 valence electrons. The number of aromatic nitrogens is 2. The van der Waals surface area contributed by atoms with Gasteiger partial charge in [-0.05, 0) is 12.1 Å². The second-order valence-corrected chi connectivity index (χ2v) is 6.05. The van der Waals surface area contributed by atoms with Crippen LogP contribution in [0.25, 0.3) is 0 Å². The molecule has 0 aliphatic heterocycles. The molecule has 3 N–H and O–H groups in total. The van der Waals surface area contributed by atoms with E-state index in [2.05, 4.69) is 14.9 Å². The Hall–Kier alpha value is -2.55. The highest BCUT2D eigenvalue weighted by Crippen LogP contribution is 2.26. The fourth-order valence-corrected chi connectivity index (χ4v) is 2.94. The lowest BCUT2D eigenvalue weighted by Crippen LogP contribution is -2.19. The molecule has 2 rings (SSSR count). The smallest absolute Gasteiger partial charge is 0.340 e. The first kappa shape index (κ1) is 14.9. The van der Waals surface area contributed by atoms with Gasteiger partial charge in [0.05, 0.1) is 17.6 Å². The van der Waals surface area contributed by atoms with Crippen molar-refractivity contribution in [3.8, 4) is 0 Å². The van der Waals surface area contributed by atoms with Crippen molar-refractivity contribution < 1.29 is 18.3 Å². The largest absolute Gasteiger partial charge is 0.478 e. The minimum Gasteiger partial charge on any atom is -0.478 e.